The van der Waals surface area contributed by atoms with Crippen molar-refractivity contribution in [2.75, 3.05) is 6.54 Å². The maximum atomic E-state index is 6.46. The maximum Gasteiger partial charge on any atom is 0.0834 e. The van der Waals surface area contributed by atoms with E-state index in [4.69, 9.17) is 11.6 Å². The predicted molar refractivity (Wildman–Crippen MR) is 85.1 cm³/mol. The van der Waals surface area contributed by atoms with E-state index >= 15 is 0 Å². The molecule has 0 aromatic carbocycles. The fourth-order valence-electron chi connectivity index (χ4n) is 3.49. The van der Waals surface area contributed by atoms with Crippen molar-refractivity contribution < 1.29 is 0 Å². The molecule has 4 heteroatoms. The van der Waals surface area contributed by atoms with Gasteiger partial charge in [-0.2, -0.15) is 5.10 Å². The van der Waals surface area contributed by atoms with Crippen LogP contribution in [0.15, 0.2) is 6.20 Å². The lowest BCUT2D eigenvalue weighted by Gasteiger charge is -2.29. The maximum absolute atomic E-state index is 6.46. The average molecular weight is 298 g/mol. The Hall–Kier alpha value is -0.540. The molecule has 1 aliphatic rings. The third kappa shape index (κ3) is 3.37. The van der Waals surface area contributed by atoms with Gasteiger partial charge in [0.05, 0.1) is 23.0 Å². The van der Waals surface area contributed by atoms with Gasteiger partial charge in [-0.05, 0) is 37.6 Å². The second-order valence-electron chi connectivity index (χ2n) is 6.10. The number of hydrogen-bond acceptors (Lipinski definition) is 2. The van der Waals surface area contributed by atoms with Crippen molar-refractivity contribution in [3.8, 4) is 0 Å². The van der Waals surface area contributed by atoms with Crippen LogP contribution in [-0.2, 0) is 6.54 Å². The molecule has 1 aromatic heterocycles. The summed E-state index contributed by atoms with van der Waals surface area (Å²) in [5.41, 5.74) is 1.21. The van der Waals surface area contributed by atoms with Gasteiger partial charge in [0, 0.05) is 6.54 Å². The molecule has 0 aliphatic heterocycles. The topological polar surface area (TPSA) is 29.9 Å². The molecule has 1 heterocycles. The van der Waals surface area contributed by atoms with E-state index < -0.39 is 0 Å². The summed E-state index contributed by atoms with van der Waals surface area (Å²) in [6.07, 6.45) is 8.04. The fourth-order valence-corrected chi connectivity index (χ4v) is 3.75. The minimum Gasteiger partial charge on any atom is -0.308 e. The highest BCUT2D eigenvalue weighted by molar-refractivity contribution is 6.31. The lowest BCUT2D eigenvalue weighted by Crippen LogP contribution is -2.32. The van der Waals surface area contributed by atoms with E-state index in [0.29, 0.717) is 12.0 Å². The molecule has 3 atom stereocenters. The largest absolute Gasteiger partial charge is 0.308 e. The van der Waals surface area contributed by atoms with Crippen LogP contribution < -0.4 is 5.32 Å². The number of halogens is 1. The Balaban J connectivity index is 2.27. The van der Waals surface area contributed by atoms with E-state index in [1.54, 1.807) is 0 Å². The Kier molecular flexibility index (Phi) is 5.91. The first-order valence-corrected chi connectivity index (χ1v) is 8.51. The first kappa shape index (κ1) is 15.8. The normalized spacial score (nSPS) is 24.2. The minimum atomic E-state index is 0.356. The van der Waals surface area contributed by atoms with Crippen LogP contribution in [0, 0.1) is 11.8 Å². The number of nitrogens with one attached hydrogen (secondary N) is 1. The smallest absolute Gasteiger partial charge is 0.0834 e. The number of nitrogens with zero attached hydrogens (tertiary/aromatic N) is 2. The van der Waals surface area contributed by atoms with Gasteiger partial charge in [0.2, 0.25) is 0 Å². The summed E-state index contributed by atoms with van der Waals surface area (Å²) in [6.45, 7) is 8.78. The summed E-state index contributed by atoms with van der Waals surface area (Å²) >= 11 is 6.46. The molecule has 3 unspecified atom stereocenters. The van der Waals surface area contributed by atoms with Crippen LogP contribution in [0.4, 0.5) is 0 Å². The van der Waals surface area contributed by atoms with Gasteiger partial charge >= 0.3 is 0 Å². The molecule has 0 spiro atoms. The van der Waals surface area contributed by atoms with Crippen molar-refractivity contribution >= 4 is 11.6 Å². The van der Waals surface area contributed by atoms with Crippen LogP contribution in [0.2, 0.25) is 5.02 Å². The molecule has 114 valence electrons. The second-order valence-corrected chi connectivity index (χ2v) is 6.51. The predicted octanol–water partition coefficient (Wildman–Crippen LogP) is 4.42. The zero-order valence-corrected chi connectivity index (χ0v) is 13.8. The molecule has 0 radical (unpaired) electrons. The van der Waals surface area contributed by atoms with E-state index in [1.807, 2.05) is 6.20 Å². The van der Waals surface area contributed by atoms with E-state index in [1.165, 1.54) is 25.0 Å². The average Bonchev–Trinajstić information content (AvgIpc) is 3.00. The molecule has 2 rings (SSSR count). The van der Waals surface area contributed by atoms with Crippen LogP contribution in [0.1, 0.15) is 64.6 Å². The van der Waals surface area contributed by atoms with E-state index in [9.17, 15) is 0 Å². The Bertz CT molecular complexity index is 416. The van der Waals surface area contributed by atoms with E-state index in [-0.39, 0.29) is 0 Å². The first-order valence-electron chi connectivity index (χ1n) is 8.13. The molecule has 3 nitrogen and oxygen atoms in total. The molecule has 20 heavy (non-hydrogen) atoms. The Morgan fingerprint density at radius 1 is 1.40 bits per heavy atom. The van der Waals surface area contributed by atoms with Gasteiger partial charge in [-0.1, -0.05) is 45.2 Å². The van der Waals surface area contributed by atoms with Crippen molar-refractivity contribution in [1.82, 2.24) is 15.1 Å². The van der Waals surface area contributed by atoms with Gasteiger partial charge in [0.15, 0.2) is 0 Å². The molecular formula is C16H28ClN3. The summed E-state index contributed by atoms with van der Waals surface area (Å²) in [6, 6.07) is 0.356. The monoisotopic (exact) mass is 297 g/mol. The molecular weight excluding hydrogens is 270 g/mol. The lowest BCUT2D eigenvalue weighted by atomic mass is 9.88. The van der Waals surface area contributed by atoms with Gasteiger partial charge in [-0.3, -0.25) is 4.68 Å². The fraction of sp³-hybridized carbons (Fsp3) is 0.812. The summed E-state index contributed by atoms with van der Waals surface area (Å²) in [4.78, 5) is 0. The summed E-state index contributed by atoms with van der Waals surface area (Å²) in [5, 5.41) is 9.04. The van der Waals surface area contributed by atoms with Crippen molar-refractivity contribution in [2.24, 2.45) is 11.8 Å². The Morgan fingerprint density at radius 3 is 2.80 bits per heavy atom. The zero-order chi connectivity index (χ0) is 14.5. The highest BCUT2D eigenvalue weighted by Crippen LogP contribution is 2.41. The molecule has 1 saturated carbocycles. The van der Waals surface area contributed by atoms with Crippen LogP contribution in [0.3, 0.4) is 0 Å². The molecule has 1 aromatic rings. The van der Waals surface area contributed by atoms with Crippen LogP contribution in [0.5, 0.6) is 0 Å². The SMILES string of the molecule is CCCNC(c1c(Cl)cnn1CCC)C1CCCC1C. The molecule has 1 aliphatic carbocycles. The number of hydrogen-bond donors (Lipinski definition) is 1. The van der Waals surface area contributed by atoms with Gasteiger partial charge in [-0.15, -0.1) is 0 Å². The minimum absolute atomic E-state index is 0.356. The van der Waals surface area contributed by atoms with Crippen molar-refractivity contribution in [1.29, 1.82) is 0 Å². The van der Waals surface area contributed by atoms with Gasteiger partial charge < -0.3 is 5.32 Å². The summed E-state index contributed by atoms with van der Waals surface area (Å²) in [5.74, 6) is 1.46. The molecule has 0 amide bonds. The highest BCUT2D eigenvalue weighted by atomic mass is 35.5. The van der Waals surface area contributed by atoms with Crippen molar-refractivity contribution in [3.05, 3.63) is 16.9 Å². The second kappa shape index (κ2) is 7.46. The van der Waals surface area contributed by atoms with Crippen LogP contribution in [-0.4, -0.2) is 16.3 Å². The summed E-state index contributed by atoms with van der Waals surface area (Å²) < 4.78 is 2.11. The molecule has 1 N–H and O–H groups in total. The van der Waals surface area contributed by atoms with Gasteiger partial charge in [0.1, 0.15) is 0 Å². The standard InChI is InChI=1S/C16H28ClN3/c1-4-9-18-15(13-8-6-7-12(13)3)16-14(17)11-19-20(16)10-5-2/h11-13,15,18H,4-10H2,1-3H3. The lowest BCUT2D eigenvalue weighted by molar-refractivity contribution is 0.287. The van der Waals surface area contributed by atoms with E-state index in [0.717, 1.165) is 36.9 Å². The number of rotatable bonds is 7. The molecule has 1 fully saturated rings. The number of aryl methyl sites for hydroxylation is 1. The first-order chi connectivity index (χ1) is 9.69. The quantitative estimate of drug-likeness (QED) is 0.807. The van der Waals surface area contributed by atoms with Crippen molar-refractivity contribution in [2.45, 2.75) is 65.5 Å². The summed E-state index contributed by atoms with van der Waals surface area (Å²) in [7, 11) is 0. The third-order valence-electron chi connectivity index (χ3n) is 4.53. The molecule has 0 bridgehead atoms. The Labute approximate surface area is 128 Å². The van der Waals surface area contributed by atoms with Crippen LogP contribution >= 0.6 is 11.6 Å². The van der Waals surface area contributed by atoms with Crippen LogP contribution in [0.25, 0.3) is 0 Å². The van der Waals surface area contributed by atoms with Gasteiger partial charge in [0.25, 0.3) is 0 Å². The van der Waals surface area contributed by atoms with E-state index in [2.05, 4.69) is 35.9 Å². The molecule has 0 saturated heterocycles. The van der Waals surface area contributed by atoms with Crippen molar-refractivity contribution in [3.63, 3.8) is 0 Å². The Morgan fingerprint density at radius 2 is 2.20 bits per heavy atom. The number of aromatic nitrogens is 2. The zero-order valence-electron chi connectivity index (χ0n) is 13.0. The van der Waals surface area contributed by atoms with Gasteiger partial charge in [-0.25, -0.2) is 0 Å². The highest BCUT2D eigenvalue weighted by Gasteiger charge is 2.34. The third-order valence-corrected chi connectivity index (χ3v) is 4.82.